The van der Waals surface area contributed by atoms with Crippen LogP contribution in [-0.4, -0.2) is 23.4 Å². The average molecular weight is 397 g/mol. The minimum Gasteiger partial charge on any atom is -0.452 e. The molecule has 0 radical (unpaired) electrons. The maximum Gasteiger partial charge on any atom is 0.341 e. The summed E-state index contributed by atoms with van der Waals surface area (Å²) in [7, 11) is 0. The van der Waals surface area contributed by atoms with E-state index in [-0.39, 0.29) is 23.0 Å². The Morgan fingerprint density at radius 2 is 1.90 bits per heavy atom. The molecule has 0 unspecified atom stereocenters. The number of esters is 1. The number of amides is 1. The third-order valence-corrected chi connectivity index (χ3v) is 5.05. The van der Waals surface area contributed by atoms with E-state index in [1.165, 1.54) is 36.1 Å². The molecule has 3 rings (SSSR count). The van der Waals surface area contributed by atoms with Gasteiger partial charge in [-0.25, -0.2) is 4.79 Å². The van der Waals surface area contributed by atoms with Crippen molar-refractivity contribution >= 4 is 23.3 Å². The Morgan fingerprint density at radius 1 is 1.17 bits per heavy atom. The second-order valence-corrected chi connectivity index (χ2v) is 7.13. The molecule has 0 saturated heterocycles. The number of rotatable bonds is 6. The zero-order valence-electron chi connectivity index (χ0n) is 16.1. The standard InChI is InChI=1S/C21H23N3O5/c1-13(15-7-6-14-4-2-3-5-16(14)10-15)23-20(25)12-29-21(26)18-11-17(24(27)28)8-9-19(18)22/h6-11,13H,2-5,12,22H2,1H3,(H,23,25)/t13-/m0/s1. The maximum absolute atomic E-state index is 12.2. The quantitative estimate of drug-likeness (QED) is 0.334. The summed E-state index contributed by atoms with van der Waals surface area (Å²) in [4.78, 5) is 34.6. The molecule has 0 spiro atoms. The highest BCUT2D eigenvalue weighted by Crippen LogP contribution is 2.25. The Labute approximate surface area is 168 Å². The number of nitrogens with two attached hydrogens (primary N) is 1. The van der Waals surface area contributed by atoms with E-state index in [0.717, 1.165) is 24.5 Å². The minimum absolute atomic E-state index is 0.0448. The molecule has 0 fully saturated rings. The Hall–Kier alpha value is -3.42. The van der Waals surface area contributed by atoms with Gasteiger partial charge < -0.3 is 15.8 Å². The molecule has 8 nitrogen and oxygen atoms in total. The lowest BCUT2D eigenvalue weighted by Crippen LogP contribution is -2.31. The first-order chi connectivity index (χ1) is 13.8. The van der Waals surface area contributed by atoms with E-state index in [4.69, 9.17) is 10.5 Å². The van der Waals surface area contributed by atoms with Crippen LogP contribution in [-0.2, 0) is 22.4 Å². The van der Waals surface area contributed by atoms with Crippen molar-refractivity contribution in [1.82, 2.24) is 5.32 Å². The van der Waals surface area contributed by atoms with Gasteiger partial charge in [-0.2, -0.15) is 0 Å². The van der Waals surface area contributed by atoms with E-state index in [1.54, 1.807) is 0 Å². The van der Waals surface area contributed by atoms with Gasteiger partial charge in [-0.3, -0.25) is 14.9 Å². The molecular formula is C21H23N3O5. The smallest absolute Gasteiger partial charge is 0.341 e. The van der Waals surface area contributed by atoms with Crippen LogP contribution in [0.3, 0.4) is 0 Å². The lowest BCUT2D eigenvalue weighted by atomic mass is 9.89. The number of anilines is 1. The molecule has 3 N–H and O–H groups in total. The van der Waals surface area contributed by atoms with Crippen LogP contribution in [0.5, 0.6) is 0 Å². The van der Waals surface area contributed by atoms with Crippen molar-refractivity contribution in [3.05, 3.63) is 68.8 Å². The van der Waals surface area contributed by atoms with Crippen molar-refractivity contribution in [3.63, 3.8) is 0 Å². The molecule has 2 aromatic rings. The lowest BCUT2D eigenvalue weighted by Gasteiger charge is -2.20. The van der Waals surface area contributed by atoms with E-state index in [9.17, 15) is 19.7 Å². The summed E-state index contributed by atoms with van der Waals surface area (Å²) in [6, 6.07) is 9.48. The number of benzene rings is 2. The van der Waals surface area contributed by atoms with Gasteiger partial charge >= 0.3 is 5.97 Å². The molecule has 0 saturated carbocycles. The highest BCUT2D eigenvalue weighted by Gasteiger charge is 2.19. The molecule has 0 bridgehead atoms. The van der Waals surface area contributed by atoms with E-state index < -0.39 is 23.4 Å². The Bertz CT molecular complexity index is 957. The molecule has 1 atom stereocenters. The molecule has 0 aromatic heterocycles. The predicted molar refractivity (Wildman–Crippen MR) is 107 cm³/mol. The number of non-ortho nitro benzene ring substituents is 1. The number of hydrogen-bond acceptors (Lipinski definition) is 6. The second-order valence-electron chi connectivity index (χ2n) is 7.13. The monoisotopic (exact) mass is 397 g/mol. The summed E-state index contributed by atoms with van der Waals surface area (Å²) < 4.78 is 4.98. The molecule has 152 valence electrons. The number of carbonyl (C=O) groups is 2. The van der Waals surface area contributed by atoms with Gasteiger partial charge in [-0.15, -0.1) is 0 Å². The summed E-state index contributed by atoms with van der Waals surface area (Å²) in [5.74, 6) is -1.35. The van der Waals surface area contributed by atoms with Crippen LogP contribution in [0.2, 0.25) is 0 Å². The van der Waals surface area contributed by atoms with Gasteiger partial charge in [-0.05, 0) is 55.4 Å². The highest BCUT2D eigenvalue weighted by atomic mass is 16.6. The topological polar surface area (TPSA) is 125 Å². The maximum atomic E-state index is 12.2. The van der Waals surface area contributed by atoms with Gasteiger partial charge in [-0.1, -0.05) is 18.2 Å². The largest absolute Gasteiger partial charge is 0.452 e. The number of ether oxygens (including phenoxy) is 1. The van der Waals surface area contributed by atoms with Crippen LogP contribution >= 0.6 is 0 Å². The van der Waals surface area contributed by atoms with Crippen molar-refractivity contribution in [2.45, 2.75) is 38.6 Å². The molecule has 1 amide bonds. The van der Waals surface area contributed by atoms with Crippen LogP contribution in [0.1, 0.15) is 52.9 Å². The number of nitro groups is 1. The van der Waals surface area contributed by atoms with Gasteiger partial charge in [0, 0.05) is 17.8 Å². The van der Waals surface area contributed by atoms with Crippen LogP contribution in [0, 0.1) is 10.1 Å². The van der Waals surface area contributed by atoms with Crippen LogP contribution < -0.4 is 11.1 Å². The number of nitrogens with one attached hydrogen (secondary N) is 1. The SMILES string of the molecule is C[C@H](NC(=O)COC(=O)c1cc([N+](=O)[O-])ccc1N)c1ccc2c(c1)CCCC2. The van der Waals surface area contributed by atoms with Gasteiger partial charge in [0.15, 0.2) is 6.61 Å². The van der Waals surface area contributed by atoms with Crippen LogP contribution in [0.25, 0.3) is 0 Å². The Morgan fingerprint density at radius 3 is 2.62 bits per heavy atom. The van der Waals surface area contributed by atoms with Crippen LogP contribution in [0.15, 0.2) is 36.4 Å². The zero-order valence-corrected chi connectivity index (χ0v) is 16.1. The Kier molecular flexibility index (Phi) is 6.11. The first-order valence-electron chi connectivity index (χ1n) is 9.47. The van der Waals surface area contributed by atoms with Crippen molar-refractivity contribution in [3.8, 4) is 0 Å². The third-order valence-electron chi connectivity index (χ3n) is 5.05. The molecule has 1 aliphatic carbocycles. The summed E-state index contributed by atoms with van der Waals surface area (Å²) in [6.45, 7) is 1.36. The molecule has 8 heteroatoms. The lowest BCUT2D eigenvalue weighted by molar-refractivity contribution is -0.384. The van der Waals surface area contributed by atoms with E-state index in [2.05, 4.69) is 17.4 Å². The van der Waals surface area contributed by atoms with Gasteiger partial charge in [0.25, 0.3) is 11.6 Å². The molecule has 29 heavy (non-hydrogen) atoms. The van der Waals surface area contributed by atoms with Crippen molar-refractivity contribution in [1.29, 1.82) is 0 Å². The number of carbonyl (C=O) groups excluding carboxylic acids is 2. The number of nitrogen functional groups attached to an aromatic ring is 1. The summed E-state index contributed by atoms with van der Waals surface area (Å²) in [6.07, 6.45) is 4.52. The predicted octanol–water partition coefficient (Wildman–Crippen LogP) is 3.09. The van der Waals surface area contributed by atoms with E-state index >= 15 is 0 Å². The van der Waals surface area contributed by atoms with Gasteiger partial charge in [0.05, 0.1) is 16.5 Å². The normalized spacial score (nSPS) is 13.8. The molecule has 1 aliphatic rings. The molecule has 0 heterocycles. The number of hydrogen-bond donors (Lipinski definition) is 2. The molecule has 2 aromatic carbocycles. The summed E-state index contributed by atoms with van der Waals surface area (Å²) in [5, 5.41) is 13.6. The number of fused-ring (bicyclic) bond motifs is 1. The summed E-state index contributed by atoms with van der Waals surface area (Å²) in [5.41, 5.74) is 8.98. The first-order valence-corrected chi connectivity index (χ1v) is 9.47. The third kappa shape index (κ3) is 4.90. The second kappa shape index (κ2) is 8.72. The fourth-order valence-electron chi connectivity index (χ4n) is 3.43. The highest BCUT2D eigenvalue weighted by molar-refractivity contribution is 5.97. The minimum atomic E-state index is -0.886. The molecule has 0 aliphatic heterocycles. The number of aryl methyl sites for hydroxylation is 2. The first kappa shape index (κ1) is 20.3. The zero-order chi connectivity index (χ0) is 21.0. The molecular weight excluding hydrogens is 374 g/mol. The summed E-state index contributed by atoms with van der Waals surface area (Å²) >= 11 is 0. The van der Waals surface area contributed by atoms with Crippen molar-refractivity contribution in [2.24, 2.45) is 0 Å². The van der Waals surface area contributed by atoms with Gasteiger partial charge in [0.2, 0.25) is 0 Å². The number of nitro benzene ring substituents is 1. The number of nitrogens with zero attached hydrogens (tertiary/aromatic N) is 1. The Balaban J connectivity index is 1.58. The van der Waals surface area contributed by atoms with Gasteiger partial charge in [0.1, 0.15) is 0 Å². The fraction of sp³-hybridized carbons (Fsp3) is 0.333. The van der Waals surface area contributed by atoms with Crippen LogP contribution in [0.4, 0.5) is 11.4 Å². The van der Waals surface area contributed by atoms with Crippen molar-refractivity contribution < 1.29 is 19.2 Å². The van der Waals surface area contributed by atoms with Crippen molar-refractivity contribution in [2.75, 3.05) is 12.3 Å². The van der Waals surface area contributed by atoms with E-state index in [0.29, 0.717) is 0 Å². The average Bonchev–Trinajstić information content (AvgIpc) is 2.71. The fourth-order valence-corrected chi connectivity index (χ4v) is 3.43. The van der Waals surface area contributed by atoms with E-state index in [1.807, 2.05) is 13.0 Å².